The van der Waals surface area contributed by atoms with Crippen LogP contribution in [0.2, 0.25) is 0 Å². The summed E-state index contributed by atoms with van der Waals surface area (Å²) >= 11 is 0. The third kappa shape index (κ3) is 3.97. The number of likely N-dealkylation sites (tertiary alicyclic amines) is 1. The fraction of sp³-hybridized carbons (Fsp3) is 0.371. The van der Waals surface area contributed by atoms with Crippen molar-refractivity contribution >= 4 is 33.9 Å². The topological polar surface area (TPSA) is 120 Å². The molecule has 3 aromatic heterocycles. The van der Waals surface area contributed by atoms with Crippen LogP contribution in [0.5, 0.6) is 5.75 Å². The molecule has 10 nitrogen and oxygen atoms in total. The normalized spacial score (nSPS) is 22.1. The third-order valence-electron chi connectivity index (χ3n) is 10.5. The molecule has 45 heavy (non-hydrogen) atoms. The SMILES string of the molecule is COc1cc(C(=O)N2C[C@H]3CC[C@@H]2[C@@H]3N)cc2nc(-c3cc4ccc(-c5cccc6c5CNC6=O)nc4n3CC3CC3)n(C)c12. The quantitative estimate of drug-likeness (QED) is 0.296. The number of benzene rings is 2. The van der Waals surface area contributed by atoms with Crippen molar-refractivity contribution in [3.8, 4) is 28.5 Å². The summed E-state index contributed by atoms with van der Waals surface area (Å²) in [5.41, 5.74) is 14.0. The molecule has 4 aliphatic rings. The minimum absolute atomic E-state index is 0.00562. The fourth-order valence-electron chi connectivity index (χ4n) is 7.97. The molecule has 2 bridgehead atoms. The van der Waals surface area contributed by atoms with E-state index >= 15 is 0 Å². The molecule has 5 heterocycles. The van der Waals surface area contributed by atoms with Crippen molar-refractivity contribution < 1.29 is 14.3 Å². The van der Waals surface area contributed by atoms with Crippen LogP contribution in [-0.4, -0.2) is 61.6 Å². The number of rotatable bonds is 6. The highest BCUT2D eigenvalue weighted by molar-refractivity contribution is 6.01. The van der Waals surface area contributed by atoms with Gasteiger partial charge in [-0.15, -0.1) is 0 Å². The molecule has 3 N–H and O–H groups in total. The first-order chi connectivity index (χ1) is 21.9. The average molecular weight is 602 g/mol. The summed E-state index contributed by atoms with van der Waals surface area (Å²) in [4.78, 5) is 38.4. The maximum Gasteiger partial charge on any atom is 0.254 e. The molecule has 0 spiro atoms. The zero-order valence-corrected chi connectivity index (χ0v) is 25.4. The molecule has 3 atom stereocenters. The van der Waals surface area contributed by atoms with Gasteiger partial charge in [-0.2, -0.15) is 0 Å². The van der Waals surface area contributed by atoms with Gasteiger partial charge < -0.3 is 29.8 Å². The van der Waals surface area contributed by atoms with Crippen LogP contribution in [0.1, 0.15) is 52.0 Å². The van der Waals surface area contributed by atoms with Gasteiger partial charge in [0, 0.05) is 60.8 Å². The van der Waals surface area contributed by atoms with Crippen LogP contribution in [0, 0.1) is 11.8 Å². The summed E-state index contributed by atoms with van der Waals surface area (Å²) in [7, 11) is 3.64. The Labute approximate surface area is 260 Å². The molecular weight excluding hydrogens is 566 g/mol. The van der Waals surface area contributed by atoms with Gasteiger partial charge in [0.25, 0.3) is 11.8 Å². The van der Waals surface area contributed by atoms with E-state index in [1.807, 2.05) is 48.3 Å². The third-order valence-corrected chi connectivity index (χ3v) is 10.5. The van der Waals surface area contributed by atoms with Crippen molar-refractivity contribution in [3.05, 3.63) is 65.2 Å². The van der Waals surface area contributed by atoms with E-state index in [1.54, 1.807) is 7.11 Å². The number of hydrogen-bond acceptors (Lipinski definition) is 6. The Morgan fingerprint density at radius 3 is 2.67 bits per heavy atom. The number of amides is 2. The van der Waals surface area contributed by atoms with E-state index in [0.29, 0.717) is 36.2 Å². The van der Waals surface area contributed by atoms with Gasteiger partial charge in [-0.1, -0.05) is 12.1 Å². The molecule has 2 aromatic carbocycles. The first kappa shape index (κ1) is 26.7. The van der Waals surface area contributed by atoms with Crippen molar-refractivity contribution in [1.29, 1.82) is 0 Å². The number of aryl methyl sites for hydroxylation is 1. The summed E-state index contributed by atoms with van der Waals surface area (Å²) in [5.74, 6) is 2.36. The standard InChI is InChI=1S/C35H35N7O3/c1-40-31-26(12-21(14-29(31)45-2)35(44)42-17-20-9-11-27(42)30(20)36)39-33(40)28-13-19-8-10-25(38-32(19)41(28)16-18-6-7-18)22-4-3-5-23-24(22)15-37-34(23)43/h3-5,8,10,12-14,18,20,27,30H,6-7,9,11,15-17,36H2,1-2H3,(H,37,43)/t20-,27-,30-/m1/s1. The summed E-state index contributed by atoms with van der Waals surface area (Å²) in [5, 5.41) is 3.98. The molecule has 2 aliphatic heterocycles. The summed E-state index contributed by atoms with van der Waals surface area (Å²) in [6.45, 7) is 2.08. The van der Waals surface area contributed by atoms with Gasteiger partial charge >= 0.3 is 0 Å². The Hall–Kier alpha value is -4.70. The molecule has 3 fully saturated rings. The molecule has 2 amide bonds. The molecule has 9 rings (SSSR count). The summed E-state index contributed by atoms with van der Waals surface area (Å²) in [6.07, 6.45) is 4.45. The molecule has 10 heteroatoms. The maximum atomic E-state index is 13.7. The highest BCUT2D eigenvalue weighted by atomic mass is 16.5. The molecule has 0 unspecified atom stereocenters. The number of carbonyl (C=O) groups is 2. The van der Waals surface area contributed by atoms with E-state index in [-0.39, 0.29) is 23.9 Å². The smallest absolute Gasteiger partial charge is 0.254 e. The van der Waals surface area contributed by atoms with Crippen LogP contribution in [0.4, 0.5) is 0 Å². The Bertz CT molecular complexity index is 2070. The second-order valence-electron chi connectivity index (χ2n) is 13.2. The van der Waals surface area contributed by atoms with Crippen LogP contribution in [-0.2, 0) is 20.1 Å². The lowest BCUT2D eigenvalue weighted by Gasteiger charge is -2.27. The molecule has 2 aliphatic carbocycles. The highest BCUT2D eigenvalue weighted by Crippen LogP contribution is 2.40. The van der Waals surface area contributed by atoms with E-state index in [0.717, 1.165) is 75.4 Å². The number of hydrogen-bond donors (Lipinski definition) is 2. The van der Waals surface area contributed by atoms with Gasteiger partial charge in [-0.3, -0.25) is 9.59 Å². The number of piperidine rings is 1. The van der Waals surface area contributed by atoms with Gasteiger partial charge in [0.1, 0.15) is 16.9 Å². The number of methoxy groups -OCH3 is 1. The zero-order valence-electron chi connectivity index (χ0n) is 25.4. The van der Waals surface area contributed by atoms with E-state index in [2.05, 4.69) is 26.6 Å². The van der Waals surface area contributed by atoms with Crippen LogP contribution < -0.4 is 15.8 Å². The second kappa shape index (κ2) is 9.65. The molecule has 0 radical (unpaired) electrons. The van der Waals surface area contributed by atoms with Gasteiger partial charge in [0.05, 0.1) is 24.0 Å². The number of carbonyl (C=O) groups excluding carboxylic acids is 2. The van der Waals surface area contributed by atoms with Crippen molar-refractivity contribution in [2.75, 3.05) is 13.7 Å². The monoisotopic (exact) mass is 601 g/mol. The van der Waals surface area contributed by atoms with Crippen LogP contribution in [0.25, 0.3) is 44.8 Å². The number of fused-ring (bicyclic) bond motifs is 5. The lowest BCUT2D eigenvalue weighted by Crippen LogP contribution is -2.41. The van der Waals surface area contributed by atoms with E-state index in [9.17, 15) is 9.59 Å². The molecule has 5 aromatic rings. The first-order valence-electron chi connectivity index (χ1n) is 15.9. The van der Waals surface area contributed by atoms with Crippen LogP contribution >= 0.6 is 0 Å². The van der Waals surface area contributed by atoms with Crippen molar-refractivity contribution in [2.45, 2.75) is 50.9 Å². The highest BCUT2D eigenvalue weighted by Gasteiger charge is 2.47. The number of nitrogens with zero attached hydrogens (tertiary/aromatic N) is 5. The largest absolute Gasteiger partial charge is 0.494 e. The molecule has 2 saturated carbocycles. The van der Waals surface area contributed by atoms with Crippen molar-refractivity contribution in [2.24, 2.45) is 24.6 Å². The number of ether oxygens (including phenoxy) is 1. The lowest BCUT2D eigenvalue weighted by atomic mass is 10.0. The number of nitrogens with two attached hydrogens (primary N) is 1. The van der Waals surface area contributed by atoms with Crippen molar-refractivity contribution in [3.63, 3.8) is 0 Å². The first-order valence-corrected chi connectivity index (χ1v) is 15.9. The Balaban J connectivity index is 1.16. The lowest BCUT2D eigenvalue weighted by molar-refractivity contribution is 0.0700. The Kier molecular flexibility index (Phi) is 5.72. The number of pyridine rings is 1. The fourth-order valence-corrected chi connectivity index (χ4v) is 7.97. The number of aromatic nitrogens is 4. The van der Waals surface area contributed by atoms with Gasteiger partial charge in [0.2, 0.25) is 0 Å². The molecule has 228 valence electrons. The number of imidazole rings is 1. The Morgan fingerprint density at radius 2 is 1.91 bits per heavy atom. The van der Waals surface area contributed by atoms with Crippen LogP contribution in [0.15, 0.2) is 48.5 Å². The maximum absolute atomic E-state index is 13.7. The zero-order chi connectivity index (χ0) is 30.6. The molecular formula is C35H35N7O3. The summed E-state index contributed by atoms with van der Waals surface area (Å²) < 4.78 is 10.2. The minimum Gasteiger partial charge on any atom is -0.494 e. The van der Waals surface area contributed by atoms with Gasteiger partial charge in [-0.25, -0.2) is 9.97 Å². The number of nitrogens with one attached hydrogen (secondary N) is 1. The average Bonchev–Trinajstić information content (AvgIpc) is 3.27. The van der Waals surface area contributed by atoms with E-state index < -0.39 is 0 Å². The van der Waals surface area contributed by atoms with Crippen LogP contribution in [0.3, 0.4) is 0 Å². The predicted octanol–water partition coefficient (Wildman–Crippen LogP) is 4.48. The Morgan fingerprint density at radius 1 is 1.07 bits per heavy atom. The van der Waals surface area contributed by atoms with Crippen molar-refractivity contribution in [1.82, 2.24) is 29.3 Å². The minimum atomic E-state index is -0.0364. The summed E-state index contributed by atoms with van der Waals surface area (Å²) in [6, 6.07) is 16.1. The van der Waals surface area contributed by atoms with E-state index in [4.69, 9.17) is 20.4 Å². The second-order valence-corrected chi connectivity index (χ2v) is 13.2. The predicted molar refractivity (Wildman–Crippen MR) is 171 cm³/mol. The van der Waals surface area contributed by atoms with E-state index in [1.165, 1.54) is 12.8 Å². The van der Waals surface area contributed by atoms with Gasteiger partial charge in [0.15, 0.2) is 5.82 Å². The van der Waals surface area contributed by atoms with Gasteiger partial charge in [-0.05, 0) is 79.5 Å². The molecule has 1 saturated heterocycles.